The standard InChI is InChI=1S/C26H27N5O/c32-25(27-23-11-5-4-10-22(23)20-8-2-1-3-9-20)15-19-30-17-13-21(14-18-30)26-29-28-24-12-6-7-16-31(24)26/h1-12,16,21H,13-15,17-19H2,(H,27,32). The first-order chi connectivity index (χ1) is 15.8. The third-order valence-electron chi connectivity index (χ3n) is 6.23. The van der Waals surface area contributed by atoms with Crippen LogP contribution in [-0.2, 0) is 4.79 Å². The van der Waals surface area contributed by atoms with Gasteiger partial charge in [0.05, 0.1) is 0 Å². The van der Waals surface area contributed by atoms with Gasteiger partial charge in [0.2, 0.25) is 5.91 Å². The van der Waals surface area contributed by atoms with Gasteiger partial charge in [-0.2, -0.15) is 0 Å². The quantitative estimate of drug-likeness (QED) is 0.490. The smallest absolute Gasteiger partial charge is 0.225 e. The van der Waals surface area contributed by atoms with Gasteiger partial charge in [-0.05, 0) is 49.7 Å². The highest BCUT2D eigenvalue weighted by molar-refractivity contribution is 5.95. The number of hydrogen-bond donors (Lipinski definition) is 1. The van der Waals surface area contributed by atoms with E-state index in [2.05, 4.69) is 36.9 Å². The molecule has 1 saturated heterocycles. The van der Waals surface area contributed by atoms with Gasteiger partial charge in [-0.3, -0.25) is 9.20 Å². The molecule has 1 N–H and O–H groups in total. The highest BCUT2D eigenvalue weighted by Gasteiger charge is 2.24. The Morgan fingerprint density at radius 2 is 1.66 bits per heavy atom. The van der Waals surface area contributed by atoms with Crippen LogP contribution in [0.1, 0.15) is 31.0 Å². The maximum atomic E-state index is 12.7. The molecular weight excluding hydrogens is 398 g/mol. The molecular formula is C26H27N5O. The number of likely N-dealkylation sites (tertiary alicyclic amines) is 1. The van der Waals surface area contributed by atoms with Crippen molar-refractivity contribution < 1.29 is 4.79 Å². The summed E-state index contributed by atoms with van der Waals surface area (Å²) in [5.74, 6) is 1.52. The molecule has 0 atom stereocenters. The lowest BCUT2D eigenvalue weighted by Gasteiger charge is -2.31. The molecule has 1 amide bonds. The fraction of sp³-hybridized carbons (Fsp3) is 0.269. The number of aromatic nitrogens is 3. The van der Waals surface area contributed by atoms with Crippen molar-refractivity contribution in [2.45, 2.75) is 25.2 Å². The number of nitrogens with zero attached hydrogens (tertiary/aromatic N) is 4. The number of amides is 1. The average Bonchev–Trinajstić information content (AvgIpc) is 3.28. The highest BCUT2D eigenvalue weighted by Crippen LogP contribution is 2.29. The Hall–Kier alpha value is -3.51. The average molecular weight is 426 g/mol. The number of carbonyl (C=O) groups excluding carboxylic acids is 1. The van der Waals surface area contributed by atoms with E-state index in [1.165, 1.54) is 0 Å². The van der Waals surface area contributed by atoms with Crippen LogP contribution in [0.3, 0.4) is 0 Å². The van der Waals surface area contributed by atoms with Crippen molar-refractivity contribution in [3.8, 4) is 11.1 Å². The zero-order valence-corrected chi connectivity index (χ0v) is 18.0. The van der Waals surface area contributed by atoms with Crippen molar-refractivity contribution in [2.24, 2.45) is 0 Å². The van der Waals surface area contributed by atoms with E-state index in [0.717, 1.165) is 60.8 Å². The summed E-state index contributed by atoms with van der Waals surface area (Å²) in [6.45, 7) is 2.72. The lowest BCUT2D eigenvalue weighted by molar-refractivity contribution is -0.116. The molecule has 1 aliphatic heterocycles. The largest absolute Gasteiger partial charge is 0.325 e. The molecule has 1 aliphatic rings. The zero-order valence-electron chi connectivity index (χ0n) is 18.0. The van der Waals surface area contributed by atoms with E-state index in [4.69, 9.17) is 0 Å². The Labute approximate surface area is 187 Å². The van der Waals surface area contributed by atoms with Gasteiger partial charge in [-0.1, -0.05) is 54.6 Å². The van der Waals surface area contributed by atoms with E-state index in [1.807, 2.05) is 66.9 Å². The van der Waals surface area contributed by atoms with Crippen LogP contribution in [0.25, 0.3) is 16.8 Å². The number of anilines is 1. The molecule has 4 aromatic rings. The van der Waals surface area contributed by atoms with Crippen LogP contribution in [0.2, 0.25) is 0 Å². The summed E-state index contributed by atoms with van der Waals surface area (Å²) < 4.78 is 2.10. The van der Waals surface area contributed by atoms with Gasteiger partial charge in [0.15, 0.2) is 5.65 Å². The summed E-state index contributed by atoms with van der Waals surface area (Å²) in [6.07, 6.45) is 4.60. The Balaban J connectivity index is 1.15. The molecule has 3 heterocycles. The topological polar surface area (TPSA) is 62.5 Å². The van der Waals surface area contributed by atoms with E-state index < -0.39 is 0 Å². The third-order valence-corrected chi connectivity index (χ3v) is 6.23. The van der Waals surface area contributed by atoms with Crippen LogP contribution < -0.4 is 5.32 Å². The van der Waals surface area contributed by atoms with Crippen LogP contribution in [0.4, 0.5) is 5.69 Å². The van der Waals surface area contributed by atoms with Crippen LogP contribution >= 0.6 is 0 Å². The fourth-order valence-corrected chi connectivity index (χ4v) is 4.49. The van der Waals surface area contributed by atoms with Gasteiger partial charge >= 0.3 is 0 Å². The van der Waals surface area contributed by atoms with Gasteiger partial charge in [0, 0.05) is 36.3 Å². The molecule has 5 rings (SSSR count). The normalized spacial score (nSPS) is 15.1. The van der Waals surface area contributed by atoms with Crippen molar-refractivity contribution in [1.82, 2.24) is 19.5 Å². The summed E-state index contributed by atoms with van der Waals surface area (Å²) in [6, 6.07) is 24.1. The van der Waals surface area contributed by atoms with E-state index >= 15 is 0 Å². The number of nitrogens with one attached hydrogen (secondary N) is 1. The predicted octanol–water partition coefficient (Wildman–Crippen LogP) is 4.60. The van der Waals surface area contributed by atoms with Crippen molar-refractivity contribution in [3.63, 3.8) is 0 Å². The molecule has 2 aromatic heterocycles. The molecule has 0 aliphatic carbocycles. The Kier molecular flexibility index (Phi) is 5.94. The van der Waals surface area contributed by atoms with Crippen LogP contribution in [0.5, 0.6) is 0 Å². The molecule has 32 heavy (non-hydrogen) atoms. The first-order valence-electron chi connectivity index (χ1n) is 11.2. The second-order valence-electron chi connectivity index (χ2n) is 8.31. The second kappa shape index (κ2) is 9.32. The first kappa shape index (κ1) is 20.4. The molecule has 6 nitrogen and oxygen atoms in total. The summed E-state index contributed by atoms with van der Waals surface area (Å²) in [7, 11) is 0. The number of fused-ring (bicyclic) bond motifs is 1. The molecule has 1 fully saturated rings. The molecule has 0 unspecified atom stereocenters. The summed E-state index contributed by atoms with van der Waals surface area (Å²) >= 11 is 0. The third kappa shape index (κ3) is 4.41. The van der Waals surface area contributed by atoms with Gasteiger partial charge in [0.25, 0.3) is 0 Å². The van der Waals surface area contributed by atoms with Crippen LogP contribution in [0, 0.1) is 0 Å². The maximum absolute atomic E-state index is 12.7. The number of piperidine rings is 1. The van der Waals surface area contributed by atoms with Gasteiger partial charge < -0.3 is 10.2 Å². The molecule has 0 bridgehead atoms. The summed E-state index contributed by atoms with van der Waals surface area (Å²) in [5, 5.41) is 11.8. The zero-order chi connectivity index (χ0) is 21.8. The van der Waals surface area contributed by atoms with Crippen molar-refractivity contribution >= 4 is 17.2 Å². The SMILES string of the molecule is O=C(CCN1CCC(c2nnc3ccccn23)CC1)Nc1ccccc1-c1ccccc1. The van der Waals surface area contributed by atoms with Gasteiger partial charge in [-0.15, -0.1) is 10.2 Å². The van der Waals surface area contributed by atoms with E-state index in [-0.39, 0.29) is 5.91 Å². The number of hydrogen-bond acceptors (Lipinski definition) is 4. The molecule has 0 spiro atoms. The van der Waals surface area contributed by atoms with Crippen LogP contribution in [-0.4, -0.2) is 45.0 Å². The lowest BCUT2D eigenvalue weighted by atomic mass is 9.96. The second-order valence-corrected chi connectivity index (χ2v) is 8.31. The molecule has 0 saturated carbocycles. The van der Waals surface area contributed by atoms with E-state index in [1.54, 1.807) is 0 Å². The number of carbonyl (C=O) groups is 1. The molecule has 2 aromatic carbocycles. The van der Waals surface area contributed by atoms with Crippen molar-refractivity contribution in [1.29, 1.82) is 0 Å². The molecule has 6 heteroatoms. The van der Waals surface area contributed by atoms with E-state index in [9.17, 15) is 4.79 Å². The fourth-order valence-electron chi connectivity index (χ4n) is 4.49. The molecule has 0 radical (unpaired) electrons. The van der Waals surface area contributed by atoms with Crippen molar-refractivity contribution in [3.05, 3.63) is 84.8 Å². The number of para-hydroxylation sites is 1. The lowest BCUT2D eigenvalue weighted by Crippen LogP contribution is -2.35. The number of pyridine rings is 1. The van der Waals surface area contributed by atoms with Gasteiger partial charge in [0.1, 0.15) is 5.82 Å². The molecule has 162 valence electrons. The minimum atomic E-state index is 0.0546. The summed E-state index contributed by atoms with van der Waals surface area (Å²) in [5.41, 5.74) is 3.91. The highest BCUT2D eigenvalue weighted by atomic mass is 16.1. The number of rotatable bonds is 6. The monoisotopic (exact) mass is 425 g/mol. The predicted molar refractivity (Wildman–Crippen MR) is 127 cm³/mol. The van der Waals surface area contributed by atoms with E-state index in [0.29, 0.717) is 12.3 Å². The minimum absolute atomic E-state index is 0.0546. The minimum Gasteiger partial charge on any atom is -0.325 e. The maximum Gasteiger partial charge on any atom is 0.225 e. The first-order valence-corrected chi connectivity index (χ1v) is 11.2. The Morgan fingerprint density at radius 1 is 0.906 bits per heavy atom. The van der Waals surface area contributed by atoms with Gasteiger partial charge in [-0.25, -0.2) is 0 Å². The Bertz CT molecular complexity index is 1200. The van der Waals surface area contributed by atoms with Crippen LogP contribution in [0.15, 0.2) is 79.0 Å². The van der Waals surface area contributed by atoms with Crippen molar-refractivity contribution in [2.75, 3.05) is 25.0 Å². The summed E-state index contributed by atoms with van der Waals surface area (Å²) in [4.78, 5) is 15.1. The Morgan fingerprint density at radius 3 is 2.50 bits per heavy atom. The number of benzene rings is 2.